The summed E-state index contributed by atoms with van der Waals surface area (Å²) in [6.45, 7) is 6.53. The molecule has 2 unspecified atom stereocenters. The van der Waals surface area contributed by atoms with Crippen LogP contribution in [0.2, 0.25) is 0 Å². The predicted molar refractivity (Wildman–Crippen MR) is 91.6 cm³/mol. The zero-order chi connectivity index (χ0) is 16.1. The predicted octanol–water partition coefficient (Wildman–Crippen LogP) is 4.47. The van der Waals surface area contributed by atoms with Crippen molar-refractivity contribution in [3.05, 3.63) is 34.3 Å². The van der Waals surface area contributed by atoms with Gasteiger partial charge in [-0.25, -0.2) is 0 Å². The van der Waals surface area contributed by atoms with Crippen molar-refractivity contribution >= 4 is 23.3 Å². The minimum absolute atomic E-state index is 0.0662. The normalized spacial score (nSPS) is 30.7. The molecule has 118 valence electrons. The highest BCUT2D eigenvalue weighted by Crippen LogP contribution is 2.66. The molecule has 0 aromatic carbocycles. The number of hydrogen-bond acceptors (Lipinski definition) is 3. The fourth-order valence-electron chi connectivity index (χ4n) is 3.71. The summed E-state index contributed by atoms with van der Waals surface area (Å²) in [5.74, 6) is 0.0361. The molecule has 22 heavy (non-hydrogen) atoms. The molecule has 1 fully saturated rings. The summed E-state index contributed by atoms with van der Waals surface area (Å²) in [4.78, 5) is 26.2. The van der Waals surface area contributed by atoms with E-state index in [1.807, 2.05) is 6.26 Å². The minimum atomic E-state index is -0.232. The Morgan fingerprint density at radius 1 is 1.32 bits per heavy atom. The highest BCUT2D eigenvalue weighted by Gasteiger charge is 2.59. The lowest BCUT2D eigenvalue weighted by atomic mass is 9.85. The molecule has 2 atom stereocenters. The van der Waals surface area contributed by atoms with Crippen molar-refractivity contribution in [2.24, 2.45) is 16.7 Å². The highest BCUT2D eigenvalue weighted by molar-refractivity contribution is 8.02. The second-order valence-corrected chi connectivity index (χ2v) is 8.75. The molecule has 0 aromatic rings. The Hall–Kier alpha value is -1.09. The van der Waals surface area contributed by atoms with Gasteiger partial charge in [0.2, 0.25) is 11.6 Å². The van der Waals surface area contributed by atoms with Gasteiger partial charge in [0.15, 0.2) is 0 Å². The van der Waals surface area contributed by atoms with Crippen LogP contribution in [0, 0.1) is 16.7 Å². The number of ketones is 2. The summed E-state index contributed by atoms with van der Waals surface area (Å²) in [7, 11) is 0. The lowest BCUT2D eigenvalue weighted by Crippen LogP contribution is -2.19. The van der Waals surface area contributed by atoms with Crippen molar-refractivity contribution in [2.75, 3.05) is 6.26 Å². The van der Waals surface area contributed by atoms with E-state index >= 15 is 0 Å². The second-order valence-electron chi connectivity index (χ2n) is 7.93. The summed E-state index contributed by atoms with van der Waals surface area (Å²) < 4.78 is 0. The summed E-state index contributed by atoms with van der Waals surface area (Å²) in [5, 5.41) is 0. The smallest absolute Gasteiger partial charge is 0.225 e. The third-order valence-corrected chi connectivity index (χ3v) is 6.00. The third kappa shape index (κ3) is 2.54. The summed E-state index contributed by atoms with van der Waals surface area (Å²) in [5.41, 5.74) is 2.10. The van der Waals surface area contributed by atoms with Gasteiger partial charge in [0, 0.05) is 22.3 Å². The number of allylic oxidation sites excluding steroid dienone is 5. The molecule has 3 heteroatoms. The van der Waals surface area contributed by atoms with Crippen LogP contribution in [0.1, 0.15) is 46.5 Å². The fourth-order valence-corrected chi connectivity index (χ4v) is 4.64. The third-order valence-electron chi connectivity index (χ3n) is 5.13. The SMILES string of the molecule is CSC1=C(CCC(C)(C)C)C(=O)C(=O)CC23CC2C=CC=C13. The molecule has 0 saturated heterocycles. The van der Waals surface area contributed by atoms with Crippen molar-refractivity contribution in [1.82, 2.24) is 0 Å². The monoisotopic (exact) mass is 316 g/mol. The van der Waals surface area contributed by atoms with Crippen LogP contribution in [-0.4, -0.2) is 17.8 Å². The van der Waals surface area contributed by atoms with Gasteiger partial charge in [-0.05, 0) is 42.4 Å². The number of Topliss-reactive ketones (excluding diaryl/α,β-unsaturated/α-hetero) is 2. The van der Waals surface area contributed by atoms with Crippen LogP contribution in [0.25, 0.3) is 0 Å². The van der Waals surface area contributed by atoms with Gasteiger partial charge in [-0.3, -0.25) is 9.59 Å². The van der Waals surface area contributed by atoms with Crippen molar-refractivity contribution in [2.45, 2.75) is 46.5 Å². The van der Waals surface area contributed by atoms with Crippen molar-refractivity contribution in [1.29, 1.82) is 0 Å². The maximum atomic E-state index is 12.7. The van der Waals surface area contributed by atoms with Gasteiger partial charge in [0.1, 0.15) is 0 Å². The average molecular weight is 316 g/mol. The summed E-state index contributed by atoms with van der Waals surface area (Å²) in [6, 6.07) is 0. The molecule has 1 spiro atoms. The van der Waals surface area contributed by atoms with Gasteiger partial charge in [-0.2, -0.15) is 0 Å². The lowest BCUT2D eigenvalue weighted by molar-refractivity contribution is -0.135. The topological polar surface area (TPSA) is 34.1 Å². The van der Waals surface area contributed by atoms with Crippen molar-refractivity contribution in [3.63, 3.8) is 0 Å². The van der Waals surface area contributed by atoms with Crippen LogP contribution in [0.5, 0.6) is 0 Å². The van der Waals surface area contributed by atoms with Crippen LogP contribution >= 0.6 is 11.8 Å². The van der Waals surface area contributed by atoms with E-state index in [9.17, 15) is 9.59 Å². The number of rotatable bonds is 3. The first kappa shape index (κ1) is 15.8. The maximum Gasteiger partial charge on any atom is 0.225 e. The van der Waals surface area contributed by atoms with Crippen LogP contribution < -0.4 is 0 Å². The molecule has 0 N–H and O–H groups in total. The Balaban J connectivity index is 2.05. The van der Waals surface area contributed by atoms with Crippen LogP contribution in [-0.2, 0) is 9.59 Å². The fraction of sp³-hybridized carbons (Fsp3) is 0.579. The second kappa shape index (κ2) is 5.23. The zero-order valence-electron chi connectivity index (χ0n) is 13.9. The number of hydrogen-bond donors (Lipinski definition) is 0. The first-order valence-corrected chi connectivity index (χ1v) is 9.25. The first-order chi connectivity index (χ1) is 10.3. The largest absolute Gasteiger partial charge is 0.290 e. The molecule has 0 aromatic heterocycles. The van der Waals surface area contributed by atoms with Crippen LogP contribution in [0.3, 0.4) is 0 Å². The Kier molecular flexibility index (Phi) is 3.75. The number of carbonyl (C=O) groups excluding carboxylic acids is 2. The van der Waals surface area contributed by atoms with E-state index in [1.165, 1.54) is 5.57 Å². The van der Waals surface area contributed by atoms with Crippen molar-refractivity contribution < 1.29 is 9.59 Å². The molecule has 0 heterocycles. The van der Waals surface area contributed by atoms with E-state index in [0.717, 1.165) is 23.3 Å². The van der Waals surface area contributed by atoms with Crippen molar-refractivity contribution in [3.8, 4) is 0 Å². The van der Waals surface area contributed by atoms with Gasteiger partial charge in [-0.15, -0.1) is 11.8 Å². The Morgan fingerprint density at radius 3 is 2.68 bits per heavy atom. The summed E-state index contributed by atoms with van der Waals surface area (Å²) >= 11 is 1.64. The van der Waals surface area contributed by atoms with Gasteiger partial charge in [-0.1, -0.05) is 39.0 Å². The van der Waals surface area contributed by atoms with Crippen LogP contribution in [0.4, 0.5) is 0 Å². The molecule has 0 radical (unpaired) electrons. The molecule has 0 aliphatic heterocycles. The quantitative estimate of drug-likeness (QED) is 0.720. The molecule has 0 bridgehead atoms. The Morgan fingerprint density at radius 2 is 2.05 bits per heavy atom. The van der Waals surface area contributed by atoms with E-state index in [-0.39, 0.29) is 22.4 Å². The number of thioether (sulfide) groups is 1. The standard InChI is InChI=1S/C19H24O2S/c1-18(2,3)9-8-13-16(21)15(20)11-19-10-12(19)6-5-7-14(19)17(13)22-4/h5-7,12H,8-11H2,1-4H3. The van der Waals surface area contributed by atoms with E-state index in [1.54, 1.807) is 11.8 Å². The van der Waals surface area contributed by atoms with Gasteiger partial charge < -0.3 is 0 Å². The summed E-state index contributed by atoms with van der Waals surface area (Å²) in [6.07, 6.45) is 11.5. The molecule has 3 aliphatic carbocycles. The van der Waals surface area contributed by atoms with E-state index in [0.29, 0.717) is 18.8 Å². The Bertz CT molecular complexity index is 630. The highest BCUT2D eigenvalue weighted by atomic mass is 32.2. The molecule has 3 rings (SSSR count). The molecular formula is C19H24O2S. The molecule has 1 saturated carbocycles. The van der Waals surface area contributed by atoms with Gasteiger partial charge in [0.05, 0.1) is 0 Å². The zero-order valence-corrected chi connectivity index (χ0v) is 14.7. The van der Waals surface area contributed by atoms with E-state index < -0.39 is 0 Å². The first-order valence-electron chi connectivity index (χ1n) is 8.02. The number of carbonyl (C=O) groups is 2. The van der Waals surface area contributed by atoms with E-state index in [4.69, 9.17) is 0 Å². The van der Waals surface area contributed by atoms with Gasteiger partial charge in [0.25, 0.3) is 0 Å². The molecule has 0 amide bonds. The maximum absolute atomic E-state index is 12.7. The molecule has 2 nitrogen and oxygen atoms in total. The Labute approximate surface area is 137 Å². The van der Waals surface area contributed by atoms with Crippen LogP contribution in [0.15, 0.2) is 34.3 Å². The molecule has 3 aliphatic rings. The van der Waals surface area contributed by atoms with E-state index in [2.05, 4.69) is 39.0 Å². The van der Waals surface area contributed by atoms with Gasteiger partial charge >= 0.3 is 0 Å². The molecular weight excluding hydrogens is 292 g/mol. The minimum Gasteiger partial charge on any atom is -0.290 e. The average Bonchev–Trinajstić information content (AvgIpc) is 3.15. The lowest BCUT2D eigenvalue weighted by Gasteiger charge is -2.23.